The van der Waals surface area contributed by atoms with Crippen LogP contribution in [-0.4, -0.2) is 17.9 Å². The topological polar surface area (TPSA) is 65.0 Å². The van der Waals surface area contributed by atoms with E-state index in [1.54, 1.807) is 36.4 Å². The number of rotatable bonds is 4. The Hall–Kier alpha value is -2.21. The Kier molecular flexibility index (Phi) is 3.70. The van der Waals surface area contributed by atoms with Crippen LogP contribution in [0.4, 0.5) is 0 Å². The van der Waals surface area contributed by atoms with Gasteiger partial charge in [-0.05, 0) is 28.1 Å². The van der Waals surface area contributed by atoms with E-state index < -0.39 is 5.97 Å². The smallest absolute Gasteiger partial charge is 0.336 e. The third-order valence-corrected chi connectivity index (χ3v) is 3.63. The Bertz CT molecular complexity index is 698. The lowest BCUT2D eigenvalue weighted by Gasteiger charge is -2.10. The van der Waals surface area contributed by atoms with Crippen LogP contribution in [0.25, 0.3) is 0 Å². The monoisotopic (exact) mass is 350 g/mol. The van der Waals surface area contributed by atoms with Crippen LogP contribution in [0.1, 0.15) is 15.9 Å². The highest BCUT2D eigenvalue weighted by atomic mass is 79.9. The van der Waals surface area contributed by atoms with Gasteiger partial charge in [0.25, 0.3) is 0 Å². The maximum atomic E-state index is 11.1. The molecule has 6 heteroatoms. The van der Waals surface area contributed by atoms with Crippen molar-refractivity contribution >= 4 is 21.9 Å². The first-order valence-electron chi connectivity index (χ1n) is 6.18. The van der Waals surface area contributed by atoms with Crippen molar-refractivity contribution in [1.29, 1.82) is 0 Å². The number of carboxylic acid groups (broad SMARTS) is 1. The lowest BCUT2D eigenvalue weighted by molar-refractivity contribution is 0.0694. The number of benzene rings is 2. The average molecular weight is 351 g/mol. The molecule has 108 valence electrons. The summed E-state index contributed by atoms with van der Waals surface area (Å²) in [6.07, 6.45) is 0. The molecule has 0 bridgehead atoms. The summed E-state index contributed by atoms with van der Waals surface area (Å²) < 4.78 is 17.0. The zero-order valence-corrected chi connectivity index (χ0v) is 12.4. The first-order valence-corrected chi connectivity index (χ1v) is 6.97. The molecule has 0 saturated heterocycles. The molecule has 0 aromatic heterocycles. The fourth-order valence-electron chi connectivity index (χ4n) is 2.04. The van der Waals surface area contributed by atoms with Crippen LogP contribution in [-0.2, 0) is 6.61 Å². The normalized spacial score (nSPS) is 12.2. The summed E-state index contributed by atoms with van der Waals surface area (Å²) in [4.78, 5) is 11.1. The summed E-state index contributed by atoms with van der Waals surface area (Å²) in [6.45, 7) is 0.341. The quantitative estimate of drug-likeness (QED) is 0.914. The Morgan fingerprint density at radius 2 is 2.10 bits per heavy atom. The highest BCUT2D eigenvalue weighted by molar-refractivity contribution is 9.10. The predicted octanol–water partition coefficient (Wildman–Crippen LogP) is 3.46. The molecule has 0 atom stereocenters. The molecule has 0 radical (unpaired) electrons. The Balaban J connectivity index is 1.80. The molecular weight excluding hydrogens is 340 g/mol. The number of hydrogen-bond donors (Lipinski definition) is 1. The van der Waals surface area contributed by atoms with Crippen LogP contribution >= 0.6 is 15.9 Å². The van der Waals surface area contributed by atoms with Crippen LogP contribution in [0.15, 0.2) is 40.9 Å². The van der Waals surface area contributed by atoms with Crippen molar-refractivity contribution in [2.24, 2.45) is 0 Å². The first-order chi connectivity index (χ1) is 10.1. The molecule has 1 aliphatic heterocycles. The minimum absolute atomic E-state index is 0.161. The summed E-state index contributed by atoms with van der Waals surface area (Å²) in [5.41, 5.74) is 0.844. The van der Waals surface area contributed by atoms with Crippen LogP contribution in [0.2, 0.25) is 0 Å². The van der Waals surface area contributed by atoms with Crippen molar-refractivity contribution in [2.75, 3.05) is 6.79 Å². The number of fused-ring (bicyclic) bond motifs is 1. The molecule has 0 saturated carbocycles. The van der Waals surface area contributed by atoms with Gasteiger partial charge < -0.3 is 19.3 Å². The maximum Gasteiger partial charge on any atom is 0.336 e. The largest absolute Gasteiger partial charge is 0.489 e. The van der Waals surface area contributed by atoms with Crippen molar-refractivity contribution in [2.45, 2.75) is 6.61 Å². The van der Waals surface area contributed by atoms with E-state index in [4.69, 9.17) is 19.3 Å². The van der Waals surface area contributed by atoms with Gasteiger partial charge in [-0.15, -0.1) is 0 Å². The third kappa shape index (κ3) is 2.80. The summed E-state index contributed by atoms with van der Waals surface area (Å²) in [5.74, 6) is 0.853. The third-order valence-electron chi connectivity index (χ3n) is 3.04. The number of ether oxygens (including phenoxy) is 3. The van der Waals surface area contributed by atoms with Gasteiger partial charge in [-0.25, -0.2) is 4.79 Å². The zero-order chi connectivity index (χ0) is 14.8. The maximum absolute atomic E-state index is 11.1. The molecule has 1 heterocycles. The molecule has 0 aliphatic carbocycles. The summed E-state index contributed by atoms with van der Waals surface area (Å²) >= 11 is 3.38. The number of carboxylic acids is 1. The van der Waals surface area contributed by atoms with E-state index in [1.807, 2.05) is 0 Å². The van der Waals surface area contributed by atoms with Gasteiger partial charge in [0.05, 0.1) is 10.0 Å². The van der Waals surface area contributed by atoms with E-state index in [0.29, 0.717) is 22.8 Å². The van der Waals surface area contributed by atoms with Gasteiger partial charge in [0.1, 0.15) is 12.4 Å². The van der Waals surface area contributed by atoms with E-state index in [2.05, 4.69) is 15.9 Å². The molecule has 3 rings (SSSR count). The van der Waals surface area contributed by atoms with Crippen molar-refractivity contribution < 1.29 is 24.1 Å². The molecule has 1 aliphatic rings. The van der Waals surface area contributed by atoms with E-state index in [9.17, 15) is 4.79 Å². The fraction of sp³-hybridized carbons (Fsp3) is 0.133. The van der Waals surface area contributed by atoms with Gasteiger partial charge in [0.15, 0.2) is 11.5 Å². The van der Waals surface area contributed by atoms with Crippen molar-refractivity contribution in [3.05, 3.63) is 52.0 Å². The van der Waals surface area contributed by atoms with Gasteiger partial charge in [-0.3, -0.25) is 0 Å². The molecule has 0 fully saturated rings. The minimum Gasteiger partial charge on any atom is -0.489 e. The van der Waals surface area contributed by atoms with Crippen LogP contribution in [0, 0.1) is 0 Å². The standard InChI is InChI=1S/C15H11BrO5/c16-12-5-10(6-13-14(12)21-8-20-13)19-7-9-3-1-2-4-11(9)15(17)18/h1-6H,7-8H2,(H,17,18). The highest BCUT2D eigenvalue weighted by Crippen LogP contribution is 2.42. The molecule has 5 nitrogen and oxygen atoms in total. The Labute approximate surface area is 129 Å². The lowest BCUT2D eigenvalue weighted by Crippen LogP contribution is -2.05. The molecule has 2 aromatic rings. The second-order valence-electron chi connectivity index (χ2n) is 4.39. The van der Waals surface area contributed by atoms with Gasteiger partial charge in [-0.1, -0.05) is 18.2 Å². The molecule has 0 spiro atoms. The molecule has 1 N–H and O–H groups in total. The summed E-state index contributed by atoms with van der Waals surface area (Å²) in [5, 5.41) is 9.13. The van der Waals surface area contributed by atoms with Gasteiger partial charge in [0, 0.05) is 11.6 Å². The molecule has 0 unspecified atom stereocenters. The molecule has 2 aromatic carbocycles. The van der Waals surface area contributed by atoms with Gasteiger partial charge in [-0.2, -0.15) is 0 Å². The van der Waals surface area contributed by atoms with Crippen LogP contribution in [0.3, 0.4) is 0 Å². The molecule has 21 heavy (non-hydrogen) atoms. The van der Waals surface area contributed by atoms with E-state index in [-0.39, 0.29) is 19.0 Å². The number of halogens is 1. The fourth-order valence-corrected chi connectivity index (χ4v) is 2.58. The van der Waals surface area contributed by atoms with Crippen molar-refractivity contribution in [1.82, 2.24) is 0 Å². The Morgan fingerprint density at radius 1 is 1.29 bits per heavy atom. The van der Waals surface area contributed by atoms with Gasteiger partial charge in [0.2, 0.25) is 6.79 Å². The lowest BCUT2D eigenvalue weighted by atomic mass is 10.1. The Morgan fingerprint density at radius 3 is 2.90 bits per heavy atom. The molecular formula is C15H11BrO5. The second-order valence-corrected chi connectivity index (χ2v) is 5.24. The predicted molar refractivity (Wildman–Crippen MR) is 78.0 cm³/mol. The zero-order valence-electron chi connectivity index (χ0n) is 10.8. The van der Waals surface area contributed by atoms with E-state index in [1.165, 1.54) is 0 Å². The van der Waals surface area contributed by atoms with E-state index in [0.717, 1.165) is 4.47 Å². The van der Waals surface area contributed by atoms with Crippen molar-refractivity contribution in [3.8, 4) is 17.2 Å². The van der Waals surface area contributed by atoms with Gasteiger partial charge >= 0.3 is 5.97 Å². The second kappa shape index (κ2) is 5.65. The average Bonchev–Trinajstić information content (AvgIpc) is 2.94. The van der Waals surface area contributed by atoms with E-state index >= 15 is 0 Å². The number of hydrogen-bond acceptors (Lipinski definition) is 4. The SMILES string of the molecule is O=C(O)c1ccccc1COc1cc(Br)c2c(c1)OCO2. The number of aromatic carboxylic acids is 1. The minimum atomic E-state index is -0.971. The van der Waals surface area contributed by atoms with Crippen LogP contribution in [0.5, 0.6) is 17.2 Å². The summed E-state index contributed by atoms with van der Waals surface area (Å²) in [6, 6.07) is 10.2. The highest BCUT2D eigenvalue weighted by Gasteiger charge is 2.19. The van der Waals surface area contributed by atoms with Crippen molar-refractivity contribution in [3.63, 3.8) is 0 Å². The summed E-state index contributed by atoms with van der Waals surface area (Å²) in [7, 11) is 0. The molecule has 0 amide bonds. The first kappa shape index (κ1) is 13.8. The van der Waals surface area contributed by atoms with Crippen LogP contribution < -0.4 is 14.2 Å². The number of carbonyl (C=O) groups is 1.